The maximum absolute atomic E-state index is 12.3. The topological polar surface area (TPSA) is 54.0 Å². The number of carbonyl (C=O) groups excluding carboxylic acids is 1. The highest BCUT2D eigenvalue weighted by molar-refractivity contribution is 6.02. The van der Waals surface area contributed by atoms with Gasteiger partial charge in [-0.3, -0.25) is 4.79 Å². The Kier molecular flexibility index (Phi) is 2.25. The van der Waals surface area contributed by atoms with Gasteiger partial charge in [-0.05, 0) is 35.4 Å². The predicted molar refractivity (Wildman–Crippen MR) is 75.9 cm³/mol. The molecular weight excluding hydrogens is 284 g/mol. The first-order valence-electron chi connectivity index (χ1n) is 7.16. The zero-order chi connectivity index (χ0) is 14.7. The number of Topliss-reactive ketones (excluding diaryl/α,β-unsaturated/α-hetero) is 1. The second kappa shape index (κ2) is 4.16. The zero-order valence-corrected chi connectivity index (χ0v) is 11.6. The van der Waals surface area contributed by atoms with Crippen LogP contribution >= 0.6 is 0 Å². The molecule has 0 radical (unpaired) electrons. The molecule has 1 aliphatic carbocycles. The first kappa shape index (κ1) is 11.9. The van der Waals surface area contributed by atoms with Crippen LogP contribution in [0.4, 0.5) is 0 Å². The Morgan fingerprint density at radius 2 is 1.50 bits per heavy atom. The number of ether oxygens (including phenoxy) is 4. The van der Waals surface area contributed by atoms with E-state index in [2.05, 4.69) is 0 Å². The number of carbonyl (C=O) groups is 1. The van der Waals surface area contributed by atoms with Crippen LogP contribution in [0.2, 0.25) is 0 Å². The fourth-order valence-electron chi connectivity index (χ4n) is 3.32. The van der Waals surface area contributed by atoms with Crippen molar-refractivity contribution in [1.82, 2.24) is 0 Å². The summed E-state index contributed by atoms with van der Waals surface area (Å²) in [5, 5.41) is 0. The first-order valence-corrected chi connectivity index (χ1v) is 7.16. The van der Waals surface area contributed by atoms with E-state index in [4.69, 9.17) is 18.9 Å². The van der Waals surface area contributed by atoms with Gasteiger partial charge in [0.2, 0.25) is 13.6 Å². The fourth-order valence-corrected chi connectivity index (χ4v) is 3.32. The molecule has 0 bridgehead atoms. The lowest BCUT2D eigenvalue weighted by Crippen LogP contribution is -1.97. The van der Waals surface area contributed by atoms with Crippen molar-refractivity contribution in [2.75, 3.05) is 13.6 Å². The van der Waals surface area contributed by atoms with Crippen LogP contribution in [0.5, 0.6) is 23.0 Å². The van der Waals surface area contributed by atoms with Crippen LogP contribution in [0.25, 0.3) is 0 Å². The van der Waals surface area contributed by atoms with Gasteiger partial charge in [-0.1, -0.05) is 6.07 Å². The molecule has 2 heterocycles. The zero-order valence-electron chi connectivity index (χ0n) is 11.6. The first-order chi connectivity index (χ1) is 10.8. The molecule has 3 aliphatic rings. The Hall–Kier alpha value is -2.69. The third kappa shape index (κ3) is 1.56. The van der Waals surface area contributed by atoms with Crippen molar-refractivity contribution in [3.63, 3.8) is 0 Å². The monoisotopic (exact) mass is 296 g/mol. The minimum atomic E-state index is 0.0199. The Morgan fingerprint density at radius 1 is 0.818 bits per heavy atom. The molecule has 0 fully saturated rings. The van der Waals surface area contributed by atoms with E-state index in [0.717, 1.165) is 28.2 Å². The lowest BCUT2D eigenvalue weighted by Gasteiger charge is -2.12. The largest absolute Gasteiger partial charge is 0.454 e. The molecule has 110 valence electrons. The van der Waals surface area contributed by atoms with Crippen LogP contribution in [0, 0.1) is 0 Å². The molecule has 5 rings (SSSR count). The normalized spacial score (nSPS) is 20.4. The van der Waals surface area contributed by atoms with E-state index in [-0.39, 0.29) is 25.3 Å². The summed E-state index contributed by atoms with van der Waals surface area (Å²) in [6.45, 7) is 0.457. The summed E-state index contributed by atoms with van der Waals surface area (Å²) in [6, 6.07) is 9.57. The van der Waals surface area contributed by atoms with Crippen LogP contribution in [-0.2, 0) is 0 Å². The van der Waals surface area contributed by atoms with Crippen molar-refractivity contribution in [2.24, 2.45) is 0 Å². The minimum absolute atomic E-state index is 0.0199. The highest BCUT2D eigenvalue weighted by atomic mass is 16.7. The van der Waals surface area contributed by atoms with Crippen LogP contribution in [-0.4, -0.2) is 19.4 Å². The van der Waals surface area contributed by atoms with Gasteiger partial charge in [-0.15, -0.1) is 0 Å². The summed E-state index contributed by atoms with van der Waals surface area (Å²) < 4.78 is 21.6. The third-order valence-electron chi connectivity index (χ3n) is 4.41. The van der Waals surface area contributed by atoms with Crippen LogP contribution in [0.15, 0.2) is 30.3 Å². The average molecular weight is 296 g/mol. The molecular formula is C17H12O5. The van der Waals surface area contributed by atoms with Gasteiger partial charge in [-0.2, -0.15) is 0 Å². The van der Waals surface area contributed by atoms with Crippen LogP contribution in [0.3, 0.4) is 0 Å². The summed E-state index contributed by atoms with van der Waals surface area (Å²) in [7, 11) is 0. The van der Waals surface area contributed by atoms with E-state index in [0.29, 0.717) is 17.9 Å². The van der Waals surface area contributed by atoms with Gasteiger partial charge in [0.25, 0.3) is 0 Å². The summed E-state index contributed by atoms with van der Waals surface area (Å²) in [6.07, 6.45) is 0.456. The molecule has 22 heavy (non-hydrogen) atoms. The van der Waals surface area contributed by atoms with Gasteiger partial charge in [0, 0.05) is 17.9 Å². The van der Waals surface area contributed by atoms with Crippen molar-refractivity contribution in [1.29, 1.82) is 0 Å². The van der Waals surface area contributed by atoms with E-state index < -0.39 is 0 Å². The lowest BCUT2D eigenvalue weighted by molar-refractivity contribution is 0.0990. The quantitative estimate of drug-likeness (QED) is 0.810. The molecule has 0 spiro atoms. The van der Waals surface area contributed by atoms with Crippen molar-refractivity contribution >= 4 is 5.78 Å². The average Bonchev–Trinajstić information content (AvgIpc) is 3.23. The molecule has 0 amide bonds. The van der Waals surface area contributed by atoms with E-state index >= 15 is 0 Å². The van der Waals surface area contributed by atoms with E-state index in [1.165, 1.54) is 0 Å². The van der Waals surface area contributed by atoms with Crippen molar-refractivity contribution in [3.05, 3.63) is 47.0 Å². The number of fused-ring (bicyclic) bond motifs is 3. The lowest BCUT2D eigenvalue weighted by atomic mass is 9.92. The van der Waals surface area contributed by atoms with Gasteiger partial charge in [0.1, 0.15) is 0 Å². The van der Waals surface area contributed by atoms with Crippen molar-refractivity contribution < 1.29 is 23.7 Å². The Morgan fingerprint density at radius 3 is 2.32 bits per heavy atom. The second-order valence-electron chi connectivity index (χ2n) is 5.59. The summed E-state index contributed by atoms with van der Waals surface area (Å²) >= 11 is 0. The standard InChI is InChI=1S/C17H12O5/c18-13-4-10(9-1-2-14-15(3-9)20-7-19-14)11-5-16-17(6-12(11)13)22-8-21-16/h1-3,5-6,10H,4,7-8H2. The van der Waals surface area contributed by atoms with E-state index in [1.807, 2.05) is 24.3 Å². The molecule has 2 aliphatic heterocycles. The van der Waals surface area contributed by atoms with Crippen LogP contribution < -0.4 is 18.9 Å². The molecule has 1 unspecified atom stereocenters. The van der Waals surface area contributed by atoms with E-state index in [1.54, 1.807) is 6.07 Å². The van der Waals surface area contributed by atoms with E-state index in [9.17, 15) is 4.79 Å². The fraction of sp³-hybridized carbons (Fsp3) is 0.235. The molecule has 1 atom stereocenters. The van der Waals surface area contributed by atoms with Crippen molar-refractivity contribution in [2.45, 2.75) is 12.3 Å². The maximum Gasteiger partial charge on any atom is 0.231 e. The molecule has 0 saturated carbocycles. The van der Waals surface area contributed by atoms with Gasteiger partial charge in [0.15, 0.2) is 28.8 Å². The number of hydrogen-bond donors (Lipinski definition) is 0. The van der Waals surface area contributed by atoms with Gasteiger partial charge < -0.3 is 18.9 Å². The predicted octanol–water partition coefficient (Wildman–Crippen LogP) is 2.86. The van der Waals surface area contributed by atoms with Crippen LogP contribution in [0.1, 0.15) is 33.8 Å². The summed E-state index contributed by atoms with van der Waals surface area (Å²) in [5.74, 6) is 3.00. The van der Waals surface area contributed by atoms with Crippen molar-refractivity contribution in [3.8, 4) is 23.0 Å². The second-order valence-corrected chi connectivity index (χ2v) is 5.59. The van der Waals surface area contributed by atoms with Gasteiger partial charge in [0.05, 0.1) is 0 Å². The third-order valence-corrected chi connectivity index (χ3v) is 4.41. The number of benzene rings is 2. The Balaban J connectivity index is 1.62. The minimum Gasteiger partial charge on any atom is -0.454 e. The molecule has 0 aromatic heterocycles. The SMILES string of the molecule is O=C1CC(c2ccc3c(c2)OCO3)c2cc3c(cc21)OCO3. The molecule has 0 N–H and O–H groups in total. The molecule has 2 aromatic rings. The number of ketones is 1. The highest BCUT2D eigenvalue weighted by Gasteiger charge is 2.34. The number of hydrogen-bond acceptors (Lipinski definition) is 5. The molecule has 5 heteroatoms. The highest BCUT2D eigenvalue weighted by Crippen LogP contribution is 2.46. The molecule has 2 aromatic carbocycles. The summed E-state index contributed by atoms with van der Waals surface area (Å²) in [4.78, 5) is 12.3. The van der Waals surface area contributed by atoms with Gasteiger partial charge >= 0.3 is 0 Å². The van der Waals surface area contributed by atoms with Gasteiger partial charge in [-0.25, -0.2) is 0 Å². The maximum atomic E-state index is 12.3. The molecule has 0 saturated heterocycles. The number of rotatable bonds is 1. The summed E-state index contributed by atoms with van der Waals surface area (Å²) in [5.41, 5.74) is 2.77. The Bertz CT molecular complexity index is 811. The molecule has 5 nitrogen and oxygen atoms in total. The Labute approximate surface area is 126 Å². The smallest absolute Gasteiger partial charge is 0.231 e.